The molecular weight excluding hydrogens is 336 g/mol. The highest BCUT2D eigenvalue weighted by Crippen LogP contribution is 2.19. The Balaban J connectivity index is 2.41. The quantitative estimate of drug-likeness (QED) is 0.485. The van der Waals surface area contributed by atoms with Crippen LogP contribution in [-0.2, 0) is 14.3 Å². The third-order valence-electron chi connectivity index (χ3n) is 2.46. The summed E-state index contributed by atoms with van der Waals surface area (Å²) in [5.74, 6) is -1.03. The van der Waals surface area contributed by atoms with Gasteiger partial charge in [0.15, 0.2) is 6.61 Å². The molecule has 0 radical (unpaired) electrons. The van der Waals surface area contributed by atoms with E-state index in [1.165, 1.54) is 6.08 Å². The summed E-state index contributed by atoms with van der Waals surface area (Å²) in [6, 6.07) is 7.64. The number of nitrogens with zero attached hydrogens (tertiary/aromatic N) is 1. The van der Waals surface area contributed by atoms with Gasteiger partial charge in [-0.25, -0.2) is 4.79 Å². The topological polar surface area (TPSA) is 79.2 Å². The Bertz CT molecular complexity index is 591. The Morgan fingerprint density at radius 1 is 1.48 bits per heavy atom. The fourth-order valence-electron chi connectivity index (χ4n) is 1.42. The summed E-state index contributed by atoms with van der Waals surface area (Å²) in [4.78, 5) is 22.7. The summed E-state index contributed by atoms with van der Waals surface area (Å²) in [6.07, 6.45) is 3.10. The third kappa shape index (κ3) is 6.72. The van der Waals surface area contributed by atoms with Gasteiger partial charge >= 0.3 is 5.97 Å². The summed E-state index contributed by atoms with van der Waals surface area (Å²) in [5, 5.41) is 10.8. The van der Waals surface area contributed by atoms with Gasteiger partial charge < -0.3 is 10.1 Å². The lowest BCUT2D eigenvalue weighted by molar-refractivity contribution is -0.143. The molecule has 6 heteroatoms. The molecular formula is C15H15BrN2O3. The van der Waals surface area contributed by atoms with Crippen LogP contribution in [0.2, 0.25) is 0 Å². The van der Waals surface area contributed by atoms with E-state index in [9.17, 15) is 9.59 Å². The molecule has 1 rings (SSSR count). The van der Waals surface area contributed by atoms with E-state index in [1.807, 2.05) is 31.2 Å². The molecule has 0 aliphatic heterocycles. The van der Waals surface area contributed by atoms with Gasteiger partial charge in [0, 0.05) is 17.1 Å². The summed E-state index contributed by atoms with van der Waals surface area (Å²) in [5.41, 5.74) is 1.95. The molecule has 1 aromatic carbocycles. The van der Waals surface area contributed by atoms with E-state index in [1.54, 1.807) is 6.08 Å². The van der Waals surface area contributed by atoms with Crippen LogP contribution in [0.1, 0.15) is 17.5 Å². The number of esters is 1. The van der Waals surface area contributed by atoms with Crippen LogP contribution in [-0.4, -0.2) is 25.0 Å². The van der Waals surface area contributed by atoms with Crippen molar-refractivity contribution in [2.24, 2.45) is 0 Å². The number of rotatable bonds is 6. The number of ether oxygens (including phenoxy) is 1. The molecule has 0 saturated carbocycles. The minimum absolute atomic E-state index is 0.223. The number of nitriles is 1. The van der Waals surface area contributed by atoms with E-state index in [0.717, 1.165) is 15.6 Å². The normalized spacial score (nSPS) is 10.1. The predicted octanol–water partition coefficient (Wildman–Crippen LogP) is 2.34. The van der Waals surface area contributed by atoms with Crippen molar-refractivity contribution in [3.8, 4) is 6.07 Å². The fraction of sp³-hybridized carbons (Fsp3) is 0.267. The molecule has 1 amide bonds. The molecule has 21 heavy (non-hydrogen) atoms. The first-order valence-corrected chi connectivity index (χ1v) is 7.07. The van der Waals surface area contributed by atoms with Gasteiger partial charge in [0.2, 0.25) is 0 Å². The average molecular weight is 351 g/mol. The minimum Gasteiger partial charge on any atom is -0.452 e. The molecule has 110 valence electrons. The number of benzene rings is 1. The molecule has 0 aliphatic rings. The number of halogens is 1. The van der Waals surface area contributed by atoms with E-state index in [4.69, 9.17) is 10.00 Å². The molecule has 1 aromatic rings. The molecule has 0 unspecified atom stereocenters. The van der Waals surface area contributed by atoms with Crippen molar-refractivity contribution in [3.63, 3.8) is 0 Å². The SMILES string of the molecule is Cc1ccc(/C=C/C(=O)OCC(=O)NCCC#N)c(Br)c1. The van der Waals surface area contributed by atoms with Crippen LogP contribution in [0.3, 0.4) is 0 Å². The Hall–Kier alpha value is -2.13. The van der Waals surface area contributed by atoms with Crippen molar-refractivity contribution in [1.29, 1.82) is 5.26 Å². The highest BCUT2D eigenvalue weighted by atomic mass is 79.9. The van der Waals surface area contributed by atoms with Crippen LogP contribution in [0.5, 0.6) is 0 Å². The summed E-state index contributed by atoms with van der Waals surface area (Å²) in [7, 11) is 0. The maximum atomic E-state index is 11.5. The van der Waals surface area contributed by atoms with Crippen LogP contribution < -0.4 is 5.32 Å². The Kier molecular flexibility index (Phi) is 7.19. The molecule has 5 nitrogen and oxygen atoms in total. The van der Waals surface area contributed by atoms with Gasteiger partial charge in [-0.05, 0) is 30.2 Å². The first-order valence-electron chi connectivity index (χ1n) is 6.27. The molecule has 0 fully saturated rings. The number of aryl methyl sites for hydroxylation is 1. The van der Waals surface area contributed by atoms with Gasteiger partial charge in [-0.3, -0.25) is 4.79 Å². The zero-order chi connectivity index (χ0) is 15.7. The number of carbonyl (C=O) groups is 2. The number of hydrogen-bond acceptors (Lipinski definition) is 4. The fourth-order valence-corrected chi connectivity index (χ4v) is 2.04. The van der Waals surface area contributed by atoms with Gasteiger partial charge in [0.25, 0.3) is 5.91 Å². The van der Waals surface area contributed by atoms with Crippen LogP contribution in [0.15, 0.2) is 28.7 Å². The second-order valence-corrected chi connectivity index (χ2v) is 5.08. The lowest BCUT2D eigenvalue weighted by Crippen LogP contribution is -2.29. The van der Waals surface area contributed by atoms with Crippen LogP contribution in [0, 0.1) is 18.3 Å². The standard InChI is InChI=1S/C15H15BrN2O3/c1-11-3-4-12(13(16)9-11)5-6-15(20)21-10-14(19)18-8-2-7-17/h3-6,9H,2,8,10H2,1H3,(H,18,19)/b6-5+. The largest absolute Gasteiger partial charge is 0.452 e. The predicted molar refractivity (Wildman–Crippen MR) is 82.1 cm³/mol. The molecule has 0 aliphatic carbocycles. The van der Waals surface area contributed by atoms with Crippen LogP contribution in [0.4, 0.5) is 0 Å². The molecule has 1 N–H and O–H groups in total. The summed E-state index contributed by atoms with van der Waals surface area (Å²) in [6.45, 7) is 1.86. The molecule has 0 spiro atoms. The summed E-state index contributed by atoms with van der Waals surface area (Å²) >= 11 is 3.40. The van der Waals surface area contributed by atoms with Crippen molar-refractivity contribution in [2.75, 3.05) is 13.2 Å². The molecule has 0 saturated heterocycles. The highest BCUT2D eigenvalue weighted by molar-refractivity contribution is 9.10. The molecule has 0 heterocycles. The average Bonchev–Trinajstić information content (AvgIpc) is 2.44. The van der Waals surface area contributed by atoms with E-state index in [2.05, 4.69) is 21.2 Å². The number of amides is 1. The first-order chi connectivity index (χ1) is 10.0. The van der Waals surface area contributed by atoms with Crippen LogP contribution in [0.25, 0.3) is 6.08 Å². The Labute approximate surface area is 131 Å². The van der Waals surface area contributed by atoms with Crippen molar-refractivity contribution in [1.82, 2.24) is 5.32 Å². The van der Waals surface area contributed by atoms with Crippen molar-refractivity contribution in [3.05, 3.63) is 39.9 Å². The van der Waals surface area contributed by atoms with Crippen molar-refractivity contribution >= 4 is 33.9 Å². The number of carbonyl (C=O) groups excluding carboxylic acids is 2. The van der Waals surface area contributed by atoms with E-state index < -0.39 is 11.9 Å². The van der Waals surface area contributed by atoms with Crippen molar-refractivity contribution in [2.45, 2.75) is 13.3 Å². The second-order valence-electron chi connectivity index (χ2n) is 4.22. The van der Waals surface area contributed by atoms with Gasteiger partial charge in [0.05, 0.1) is 12.5 Å². The Morgan fingerprint density at radius 2 is 2.24 bits per heavy atom. The van der Waals surface area contributed by atoms with Gasteiger partial charge in [-0.15, -0.1) is 0 Å². The maximum absolute atomic E-state index is 11.5. The highest BCUT2D eigenvalue weighted by Gasteiger charge is 2.04. The smallest absolute Gasteiger partial charge is 0.331 e. The first kappa shape index (κ1) is 16.9. The molecule has 0 atom stereocenters. The van der Waals surface area contributed by atoms with E-state index in [0.29, 0.717) is 0 Å². The number of nitrogens with one attached hydrogen (secondary N) is 1. The zero-order valence-corrected chi connectivity index (χ0v) is 13.1. The monoisotopic (exact) mass is 350 g/mol. The van der Waals surface area contributed by atoms with E-state index in [-0.39, 0.29) is 19.6 Å². The Morgan fingerprint density at radius 3 is 2.90 bits per heavy atom. The lowest BCUT2D eigenvalue weighted by Gasteiger charge is -2.03. The second kappa shape index (κ2) is 8.93. The van der Waals surface area contributed by atoms with Gasteiger partial charge in [-0.1, -0.05) is 28.1 Å². The third-order valence-corrected chi connectivity index (χ3v) is 3.15. The number of hydrogen-bond donors (Lipinski definition) is 1. The molecule has 0 aromatic heterocycles. The zero-order valence-electron chi connectivity index (χ0n) is 11.6. The molecule has 0 bridgehead atoms. The van der Waals surface area contributed by atoms with Crippen LogP contribution >= 0.6 is 15.9 Å². The van der Waals surface area contributed by atoms with Gasteiger partial charge in [-0.2, -0.15) is 5.26 Å². The maximum Gasteiger partial charge on any atom is 0.331 e. The minimum atomic E-state index is -0.599. The van der Waals surface area contributed by atoms with Gasteiger partial charge in [0.1, 0.15) is 0 Å². The lowest BCUT2D eigenvalue weighted by atomic mass is 10.1. The van der Waals surface area contributed by atoms with E-state index >= 15 is 0 Å². The van der Waals surface area contributed by atoms with Crippen molar-refractivity contribution < 1.29 is 14.3 Å². The summed E-state index contributed by atoms with van der Waals surface area (Å²) < 4.78 is 5.66.